The first-order valence-electron chi connectivity index (χ1n) is 8.55. The van der Waals surface area contributed by atoms with Gasteiger partial charge in [0.15, 0.2) is 0 Å². The Bertz CT molecular complexity index is 373. The van der Waals surface area contributed by atoms with E-state index in [1.807, 2.05) is 20.8 Å². The highest BCUT2D eigenvalue weighted by atomic mass is 16.5. The number of ether oxygens (including phenoxy) is 2. The molecular formula is C17H32N2O4. The van der Waals surface area contributed by atoms with E-state index in [4.69, 9.17) is 9.47 Å². The lowest BCUT2D eigenvalue weighted by Gasteiger charge is -2.22. The zero-order valence-corrected chi connectivity index (χ0v) is 14.9. The van der Waals surface area contributed by atoms with Crippen LogP contribution in [0, 0.1) is 11.3 Å². The summed E-state index contributed by atoms with van der Waals surface area (Å²) in [5.41, 5.74) is -0.494. The van der Waals surface area contributed by atoms with Crippen molar-refractivity contribution in [2.24, 2.45) is 11.3 Å². The van der Waals surface area contributed by atoms with E-state index in [9.17, 15) is 9.59 Å². The lowest BCUT2D eigenvalue weighted by Crippen LogP contribution is -2.48. The van der Waals surface area contributed by atoms with Crippen molar-refractivity contribution in [1.29, 1.82) is 0 Å². The molecule has 1 atom stereocenters. The Morgan fingerprint density at radius 2 is 1.91 bits per heavy atom. The van der Waals surface area contributed by atoms with Crippen molar-refractivity contribution in [2.45, 2.75) is 53.0 Å². The predicted octanol–water partition coefficient (Wildman–Crippen LogP) is 1.49. The van der Waals surface area contributed by atoms with Gasteiger partial charge >= 0.3 is 0 Å². The summed E-state index contributed by atoms with van der Waals surface area (Å²) in [5, 5.41) is 5.54. The Labute approximate surface area is 139 Å². The number of amides is 2. The molecule has 0 bridgehead atoms. The maximum atomic E-state index is 11.9. The molecule has 23 heavy (non-hydrogen) atoms. The lowest BCUT2D eigenvalue weighted by atomic mass is 9.95. The van der Waals surface area contributed by atoms with Gasteiger partial charge in [0.25, 0.3) is 0 Å². The molecule has 1 rings (SSSR count). The van der Waals surface area contributed by atoms with Gasteiger partial charge in [-0.2, -0.15) is 0 Å². The third kappa shape index (κ3) is 8.32. The molecule has 2 amide bonds. The number of hydrogen-bond donors (Lipinski definition) is 2. The van der Waals surface area contributed by atoms with E-state index in [-0.39, 0.29) is 11.8 Å². The van der Waals surface area contributed by atoms with E-state index in [0.717, 1.165) is 39.1 Å². The van der Waals surface area contributed by atoms with Crippen LogP contribution in [-0.4, -0.2) is 50.8 Å². The molecule has 0 unspecified atom stereocenters. The molecule has 1 fully saturated rings. The Morgan fingerprint density at radius 1 is 1.26 bits per heavy atom. The van der Waals surface area contributed by atoms with Gasteiger partial charge in [-0.15, -0.1) is 0 Å². The van der Waals surface area contributed by atoms with Gasteiger partial charge in [-0.3, -0.25) is 9.59 Å². The normalized spacial score (nSPS) is 17.6. The predicted molar refractivity (Wildman–Crippen MR) is 89.0 cm³/mol. The molecule has 6 nitrogen and oxygen atoms in total. The van der Waals surface area contributed by atoms with Gasteiger partial charge in [0.05, 0.1) is 0 Å². The Balaban J connectivity index is 2.05. The molecule has 134 valence electrons. The van der Waals surface area contributed by atoms with E-state index >= 15 is 0 Å². The highest BCUT2D eigenvalue weighted by Gasteiger charge is 2.24. The monoisotopic (exact) mass is 328 g/mol. The molecule has 1 saturated heterocycles. The summed E-state index contributed by atoms with van der Waals surface area (Å²) >= 11 is 0. The quantitative estimate of drug-likeness (QED) is 0.662. The summed E-state index contributed by atoms with van der Waals surface area (Å²) in [4.78, 5) is 23.7. The molecule has 6 heteroatoms. The minimum atomic E-state index is -0.523. The second-order valence-corrected chi connectivity index (χ2v) is 7.22. The molecule has 0 aromatic rings. The number of nitrogens with one attached hydrogen (secondary N) is 2. The van der Waals surface area contributed by atoms with Crippen LogP contribution in [0.15, 0.2) is 0 Å². The van der Waals surface area contributed by atoms with Gasteiger partial charge < -0.3 is 20.1 Å². The summed E-state index contributed by atoms with van der Waals surface area (Å²) in [6.45, 7) is 10.8. The first-order valence-corrected chi connectivity index (χ1v) is 8.55. The molecule has 0 aromatic heterocycles. The molecule has 1 aliphatic heterocycles. The largest absolute Gasteiger partial charge is 0.381 e. The number of carbonyl (C=O) groups excluding carboxylic acids is 2. The van der Waals surface area contributed by atoms with Gasteiger partial charge in [-0.1, -0.05) is 20.8 Å². The van der Waals surface area contributed by atoms with E-state index in [0.29, 0.717) is 19.1 Å². The van der Waals surface area contributed by atoms with Crippen LogP contribution in [-0.2, 0) is 19.1 Å². The summed E-state index contributed by atoms with van der Waals surface area (Å²) < 4.78 is 11.0. The first-order chi connectivity index (χ1) is 10.8. The van der Waals surface area contributed by atoms with Gasteiger partial charge in [0.2, 0.25) is 11.8 Å². The first kappa shape index (κ1) is 19.9. The van der Waals surface area contributed by atoms with E-state index in [1.54, 1.807) is 6.92 Å². The van der Waals surface area contributed by atoms with Gasteiger partial charge in [-0.25, -0.2) is 0 Å². The van der Waals surface area contributed by atoms with Crippen molar-refractivity contribution in [1.82, 2.24) is 10.6 Å². The van der Waals surface area contributed by atoms with Crippen LogP contribution in [0.1, 0.15) is 47.0 Å². The standard InChI is InChI=1S/C17H32N2O4/c1-13(19-16(21)17(2,3)4)15(20)18-8-5-9-23-12-14-6-10-22-11-7-14/h13-14H,5-12H2,1-4H3,(H,18,20)(H,19,21)/t13-/m0/s1. The van der Waals surface area contributed by atoms with Crippen molar-refractivity contribution in [3.05, 3.63) is 0 Å². The van der Waals surface area contributed by atoms with Crippen LogP contribution >= 0.6 is 0 Å². The zero-order valence-electron chi connectivity index (χ0n) is 14.9. The summed E-state index contributed by atoms with van der Waals surface area (Å²) in [5.74, 6) is 0.318. The fourth-order valence-electron chi connectivity index (χ4n) is 2.18. The summed E-state index contributed by atoms with van der Waals surface area (Å²) in [6.07, 6.45) is 2.92. The van der Waals surface area contributed by atoms with E-state index in [2.05, 4.69) is 10.6 Å². The highest BCUT2D eigenvalue weighted by molar-refractivity contribution is 5.89. The molecular weight excluding hydrogens is 296 g/mol. The second-order valence-electron chi connectivity index (χ2n) is 7.22. The molecule has 0 aromatic carbocycles. The number of carbonyl (C=O) groups is 2. The summed E-state index contributed by atoms with van der Waals surface area (Å²) in [6, 6.07) is -0.523. The molecule has 0 spiro atoms. The minimum absolute atomic E-state index is 0.125. The molecule has 0 radical (unpaired) electrons. The number of rotatable bonds is 8. The van der Waals surface area contributed by atoms with Crippen molar-refractivity contribution in [3.8, 4) is 0 Å². The maximum Gasteiger partial charge on any atom is 0.242 e. The van der Waals surface area contributed by atoms with Crippen molar-refractivity contribution >= 4 is 11.8 Å². The number of hydrogen-bond acceptors (Lipinski definition) is 4. The molecule has 0 saturated carbocycles. The Morgan fingerprint density at radius 3 is 2.52 bits per heavy atom. The third-order valence-corrected chi connectivity index (χ3v) is 3.88. The van der Waals surface area contributed by atoms with Crippen LogP contribution in [0.3, 0.4) is 0 Å². The van der Waals surface area contributed by atoms with Crippen molar-refractivity contribution in [2.75, 3.05) is 33.0 Å². The smallest absolute Gasteiger partial charge is 0.242 e. The Kier molecular flexibility index (Phi) is 8.55. The topological polar surface area (TPSA) is 76.7 Å². The summed E-state index contributed by atoms with van der Waals surface area (Å²) in [7, 11) is 0. The minimum Gasteiger partial charge on any atom is -0.381 e. The molecule has 1 heterocycles. The average Bonchev–Trinajstić information content (AvgIpc) is 2.50. The van der Waals surface area contributed by atoms with Crippen LogP contribution in [0.25, 0.3) is 0 Å². The van der Waals surface area contributed by atoms with Crippen molar-refractivity contribution < 1.29 is 19.1 Å². The maximum absolute atomic E-state index is 11.9. The van der Waals surface area contributed by atoms with Crippen LogP contribution < -0.4 is 10.6 Å². The zero-order chi connectivity index (χ0) is 17.3. The second kappa shape index (κ2) is 9.88. The fourth-order valence-corrected chi connectivity index (χ4v) is 2.18. The van der Waals surface area contributed by atoms with Gasteiger partial charge in [0, 0.05) is 38.4 Å². The third-order valence-electron chi connectivity index (χ3n) is 3.88. The Hall–Kier alpha value is -1.14. The lowest BCUT2D eigenvalue weighted by molar-refractivity contribution is -0.133. The molecule has 1 aliphatic rings. The van der Waals surface area contributed by atoms with Crippen LogP contribution in [0.4, 0.5) is 0 Å². The molecule has 2 N–H and O–H groups in total. The average molecular weight is 328 g/mol. The van der Waals surface area contributed by atoms with Gasteiger partial charge in [-0.05, 0) is 32.1 Å². The highest BCUT2D eigenvalue weighted by Crippen LogP contribution is 2.14. The SMILES string of the molecule is C[C@H](NC(=O)C(C)(C)C)C(=O)NCCCOCC1CCOCC1. The van der Waals surface area contributed by atoms with Crippen LogP contribution in [0.5, 0.6) is 0 Å². The van der Waals surface area contributed by atoms with Crippen LogP contribution in [0.2, 0.25) is 0 Å². The van der Waals surface area contributed by atoms with Crippen molar-refractivity contribution in [3.63, 3.8) is 0 Å². The van der Waals surface area contributed by atoms with E-state index in [1.165, 1.54) is 0 Å². The fraction of sp³-hybridized carbons (Fsp3) is 0.882. The van der Waals surface area contributed by atoms with E-state index < -0.39 is 11.5 Å². The van der Waals surface area contributed by atoms with Gasteiger partial charge in [0.1, 0.15) is 6.04 Å². The molecule has 0 aliphatic carbocycles.